The Bertz CT molecular complexity index is 1400. The van der Waals surface area contributed by atoms with E-state index < -0.39 is 4.92 Å². The van der Waals surface area contributed by atoms with Gasteiger partial charge in [-0.15, -0.1) is 0 Å². The number of hydrogen-bond donors (Lipinski definition) is 0. The number of nitrogens with zero attached hydrogens (tertiary/aromatic N) is 5. The van der Waals surface area contributed by atoms with Gasteiger partial charge in [0.2, 0.25) is 5.95 Å². The molecule has 5 rings (SSSR count). The summed E-state index contributed by atoms with van der Waals surface area (Å²) in [5.74, 6) is 0.710. The minimum Gasteiger partial charge on any atom is -0.496 e. The van der Waals surface area contributed by atoms with Gasteiger partial charge in [-0.2, -0.15) is 10.1 Å². The van der Waals surface area contributed by atoms with E-state index in [4.69, 9.17) is 4.74 Å². The molecule has 1 aromatic heterocycles. The van der Waals surface area contributed by atoms with E-state index in [-0.39, 0.29) is 29.2 Å². The summed E-state index contributed by atoms with van der Waals surface area (Å²) in [6.45, 7) is 2.00. The van der Waals surface area contributed by atoms with Gasteiger partial charge >= 0.3 is 0 Å². The molecule has 0 bridgehead atoms. The van der Waals surface area contributed by atoms with Gasteiger partial charge in [0, 0.05) is 23.3 Å². The zero-order valence-corrected chi connectivity index (χ0v) is 19.2. The number of para-hydroxylation sites is 1. The summed E-state index contributed by atoms with van der Waals surface area (Å²) >= 11 is 0. The summed E-state index contributed by atoms with van der Waals surface area (Å²) < 4.78 is 7.34. The quantitative estimate of drug-likeness (QED) is 0.305. The van der Waals surface area contributed by atoms with Gasteiger partial charge in [-0.3, -0.25) is 19.8 Å². The summed E-state index contributed by atoms with van der Waals surface area (Å²) in [5, 5.41) is 15.8. The molecule has 0 unspecified atom stereocenters. The fourth-order valence-electron chi connectivity index (χ4n) is 4.59. The van der Waals surface area contributed by atoms with Crippen LogP contribution >= 0.6 is 0 Å². The Morgan fingerprint density at radius 3 is 2.57 bits per heavy atom. The van der Waals surface area contributed by atoms with E-state index >= 15 is 0 Å². The first-order chi connectivity index (χ1) is 17.0. The van der Waals surface area contributed by atoms with Crippen LogP contribution in [0.25, 0.3) is 0 Å². The Morgan fingerprint density at radius 1 is 1.06 bits per heavy atom. The van der Waals surface area contributed by atoms with Crippen molar-refractivity contribution in [2.45, 2.75) is 25.4 Å². The largest absolute Gasteiger partial charge is 0.496 e. The predicted octanol–water partition coefficient (Wildman–Crippen LogP) is 4.88. The Kier molecular flexibility index (Phi) is 5.74. The number of nitro benzene ring substituents is 1. The molecule has 4 aromatic rings. The van der Waals surface area contributed by atoms with Crippen molar-refractivity contribution in [1.82, 2.24) is 14.8 Å². The number of methoxy groups -OCH3 is 1. The maximum Gasteiger partial charge on any atom is 0.270 e. The molecule has 0 fully saturated rings. The fourth-order valence-corrected chi connectivity index (χ4v) is 4.59. The van der Waals surface area contributed by atoms with Gasteiger partial charge in [0.05, 0.1) is 24.1 Å². The summed E-state index contributed by atoms with van der Waals surface area (Å²) in [4.78, 5) is 30.7. The van der Waals surface area contributed by atoms with Gasteiger partial charge in [-0.05, 0) is 31.0 Å². The van der Waals surface area contributed by atoms with Crippen LogP contribution in [-0.2, 0) is 0 Å². The molecule has 0 radical (unpaired) electrons. The number of aromatic nitrogens is 3. The summed E-state index contributed by atoms with van der Waals surface area (Å²) in [6, 6.07) is 20.9. The summed E-state index contributed by atoms with van der Waals surface area (Å²) in [5.41, 5.74) is 3.03. The standard InChI is InChI=1S/C26H23N5O4/c1-17-10-12-18(13-11-17)22-15-23(21-8-3-4-9-24(21)35-2)30-26(27-16-28-30)29(22)25(32)19-6-5-7-20(14-19)31(33)34/h3-14,16,22-23H,15H2,1-2H3/t22-,23-/m0/s1. The van der Waals surface area contributed by atoms with Gasteiger partial charge in [-0.1, -0.05) is 54.1 Å². The molecular formula is C26H23N5O4. The van der Waals surface area contributed by atoms with Crippen LogP contribution in [0.2, 0.25) is 0 Å². The third kappa shape index (κ3) is 4.01. The Balaban J connectivity index is 1.66. The lowest BCUT2D eigenvalue weighted by Gasteiger charge is -2.39. The molecule has 3 aromatic carbocycles. The Hall–Kier alpha value is -4.53. The first-order valence-electron chi connectivity index (χ1n) is 11.1. The molecule has 1 amide bonds. The molecule has 35 heavy (non-hydrogen) atoms. The minimum atomic E-state index is -0.509. The molecular weight excluding hydrogens is 446 g/mol. The van der Waals surface area contributed by atoms with Gasteiger partial charge in [-0.25, -0.2) is 4.68 Å². The number of fused-ring (bicyclic) bond motifs is 1. The van der Waals surface area contributed by atoms with Crippen molar-refractivity contribution >= 4 is 17.5 Å². The summed E-state index contributed by atoms with van der Waals surface area (Å²) in [7, 11) is 1.62. The van der Waals surface area contributed by atoms with Gasteiger partial charge in [0.25, 0.3) is 11.6 Å². The van der Waals surface area contributed by atoms with Crippen molar-refractivity contribution < 1.29 is 14.5 Å². The number of benzene rings is 3. The van der Waals surface area contributed by atoms with E-state index in [9.17, 15) is 14.9 Å². The highest BCUT2D eigenvalue weighted by molar-refractivity contribution is 6.06. The van der Waals surface area contributed by atoms with E-state index in [0.29, 0.717) is 12.4 Å². The molecule has 0 saturated carbocycles. The normalized spacial score (nSPS) is 17.0. The highest BCUT2D eigenvalue weighted by Gasteiger charge is 2.40. The average molecular weight is 470 g/mol. The second-order valence-electron chi connectivity index (χ2n) is 8.41. The minimum absolute atomic E-state index is 0.145. The molecule has 0 aliphatic carbocycles. The highest BCUT2D eigenvalue weighted by atomic mass is 16.6. The molecule has 0 N–H and O–H groups in total. The van der Waals surface area contributed by atoms with E-state index in [1.165, 1.54) is 24.5 Å². The third-order valence-corrected chi connectivity index (χ3v) is 6.31. The maximum absolute atomic E-state index is 13.8. The SMILES string of the molecule is COc1ccccc1[C@@H]1C[C@@H](c2ccc(C)cc2)N(C(=O)c2cccc([N+](=O)[O-])c2)c2ncnn21. The number of anilines is 1. The fraction of sp³-hybridized carbons (Fsp3) is 0.192. The van der Waals surface area contributed by atoms with Gasteiger partial charge in [0.1, 0.15) is 12.1 Å². The van der Waals surface area contributed by atoms with Crippen LogP contribution in [0.15, 0.2) is 79.1 Å². The van der Waals surface area contributed by atoms with E-state index in [2.05, 4.69) is 10.1 Å². The molecule has 0 saturated heterocycles. The third-order valence-electron chi connectivity index (χ3n) is 6.31. The lowest BCUT2D eigenvalue weighted by molar-refractivity contribution is -0.384. The molecule has 2 heterocycles. The smallest absolute Gasteiger partial charge is 0.270 e. The van der Waals surface area contributed by atoms with Crippen molar-refractivity contribution in [3.8, 4) is 5.75 Å². The number of carbonyl (C=O) groups excluding carboxylic acids is 1. The van der Waals surface area contributed by atoms with Crippen LogP contribution in [0.4, 0.5) is 11.6 Å². The number of nitro groups is 1. The second kappa shape index (κ2) is 9.02. The number of aryl methyl sites for hydroxylation is 1. The number of hydrogen-bond acceptors (Lipinski definition) is 6. The number of amides is 1. The monoisotopic (exact) mass is 469 g/mol. The van der Waals surface area contributed by atoms with Crippen molar-refractivity contribution in [3.05, 3.63) is 111 Å². The van der Waals surface area contributed by atoms with E-state index in [1.807, 2.05) is 55.5 Å². The zero-order chi connectivity index (χ0) is 24.5. The van der Waals surface area contributed by atoms with Crippen molar-refractivity contribution in [2.75, 3.05) is 12.0 Å². The molecule has 176 valence electrons. The zero-order valence-electron chi connectivity index (χ0n) is 19.2. The maximum atomic E-state index is 13.8. The lowest BCUT2D eigenvalue weighted by atomic mass is 9.90. The molecule has 2 atom stereocenters. The number of ether oxygens (including phenoxy) is 1. The average Bonchev–Trinajstić information content (AvgIpc) is 3.38. The first kappa shape index (κ1) is 22.3. The van der Waals surface area contributed by atoms with Crippen molar-refractivity contribution in [3.63, 3.8) is 0 Å². The second-order valence-corrected chi connectivity index (χ2v) is 8.41. The lowest BCUT2D eigenvalue weighted by Crippen LogP contribution is -2.42. The van der Waals surface area contributed by atoms with Crippen LogP contribution in [0, 0.1) is 17.0 Å². The topological polar surface area (TPSA) is 103 Å². The molecule has 9 heteroatoms. The number of non-ortho nitro benzene ring substituents is 1. The molecule has 9 nitrogen and oxygen atoms in total. The Labute approximate surface area is 201 Å². The van der Waals surface area contributed by atoms with E-state index in [0.717, 1.165) is 22.4 Å². The molecule has 0 spiro atoms. The summed E-state index contributed by atoms with van der Waals surface area (Å²) in [6.07, 6.45) is 1.93. The van der Waals surface area contributed by atoms with Crippen LogP contribution < -0.4 is 9.64 Å². The predicted molar refractivity (Wildman–Crippen MR) is 130 cm³/mol. The van der Waals surface area contributed by atoms with E-state index in [1.54, 1.807) is 22.8 Å². The van der Waals surface area contributed by atoms with Crippen molar-refractivity contribution in [1.29, 1.82) is 0 Å². The van der Waals surface area contributed by atoms with Crippen molar-refractivity contribution in [2.24, 2.45) is 0 Å². The van der Waals surface area contributed by atoms with Crippen LogP contribution in [0.3, 0.4) is 0 Å². The van der Waals surface area contributed by atoms with Crippen LogP contribution in [0.5, 0.6) is 5.75 Å². The Morgan fingerprint density at radius 2 is 1.83 bits per heavy atom. The van der Waals surface area contributed by atoms with Crippen LogP contribution in [0.1, 0.15) is 45.6 Å². The number of carbonyl (C=O) groups is 1. The highest BCUT2D eigenvalue weighted by Crippen LogP contribution is 2.44. The van der Waals surface area contributed by atoms with Gasteiger partial charge in [0.15, 0.2) is 0 Å². The molecule has 1 aliphatic rings. The first-order valence-corrected chi connectivity index (χ1v) is 11.1. The molecule has 1 aliphatic heterocycles. The number of rotatable bonds is 5. The van der Waals surface area contributed by atoms with Crippen LogP contribution in [-0.4, -0.2) is 32.7 Å². The van der Waals surface area contributed by atoms with Gasteiger partial charge < -0.3 is 4.74 Å².